The Balaban J connectivity index is 1.53. The molecule has 0 bridgehead atoms. The number of thioether (sulfide) groups is 1. The fourth-order valence-corrected chi connectivity index (χ4v) is 3.68. The Kier molecular flexibility index (Phi) is 7.36. The highest BCUT2D eigenvalue weighted by molar-refractivity contribution is 7.98. The third-order valence-corrected chi connectivity index (χ3v) is 6.03. The predicted octanol–water partition coefficient (Wildman–Crippen LogP) is 2.29. The van der Waals surface area contributed by atoms with Crippen molar-refractivity contribution in [2.45, 2.75) is 24.4 Å². The van der Waals surface area contributed by atoms with Gasteiger partial charge in [0.1, 0.15) is 6.54 Å². The number of ether oxygens (including phenoxy) is 1. The van der Waals surface area contributed by atoms with Crippen LogP contribution in [-0.4, -0.2) is 51.6 Å². The summed E-state index contributed by atoms with van der Waals surface area (Å²) in [6.07, 6.45) is 2.08. The van der Waals surface area contributed by atoms with Crippen LogP contribution in [0.15, 0.2) is 53.4 Å². The van der Waals surface area contributed by atoms with Gasteiger partial charge >= 0.3 is 0 Å². The Hall–Kier alpha value is -2.02. The van der Waals surface area contributed by atoms with Crippen LogP contribution < -0.4 is 15.1 Å². The second-order valence-electron chi connectivity index (χ2n) is 7.23. The zero-order valence-electron chi connectivity index (χ0n) is 16.9. The Bertz CT molecular complexity index is 758. The lowest BCUT2D eigenvalue weighted by atomic mass is 10.2. The van der Waals surface area contributed by atoms with E-state index in [-0.39, 0.29) is 11.9 Å². The zero-order chi connectivity index (χ0) is 19.9. The van der Waals surface area contributed by atoms with Crippen LogP contribution in [-0.2, 0) is 16.1 Å². The van der Waals surface area contributed by atoms with Crippen LogP contribution in [0.3, 0.4) is 0 Å². The fraction of sp³-hybridized carbons (Fsp3) is 0.409. The van der Waals surface area contributed by atoms with Gasteiger partial charge in [0.05, 0.1) is 20.3 Å². The third kappa shape index (κ3) is 5.50. The molecule has 2 aromatic carbocycles. The van der Waals surface area contributed by atoms with Crippen molar-refractivity contribution in [1.29, 1.82) is 0 Å². The van der Waals surface area contributed by atoms with E-state index in [0.717, 1.165) is 38.5 Å². The van der Waals surface area contributed by atoms with Crippen molar-refractivity contribution in [1.82, 2.24) is 0 Å². The van der Waals surface area contributed by atoms with Crippen LogP contribution in [0, 0.1) is 0 Å². The monoisotopic (exact) mass is 400 g/mol. The summed E-state index contributed by atoms with van der Waals surface area (Å²) in [5.41, 5.74) is 3.25. The zero-order valence-corrected chi connectivity index (χ0v) is 17.7. The molecule has 1 heterocycles. The van der Waals surface area contributed by atoms with Crippen LogP contribution >= 0.6 is 11.8 Å². The number of nitrogens with zero attached hydrogens (tertiary/aromatic N) is 1. The number of rotatable bonds is 7. The highest BCUT2D eigenvalue weighted by Gasteiger charge is 2.22. The first-order valence-electron chi connectivity index (χ1n) is 9.75. The Morgan fingerprint density at radius 2 is 1.79 bits per heavy atom. The van der Waals surface area contributed by atoms with Crippen molar-refractivity contribution in [2.24, 2.45) is 0 Å². The normalized spacial score (nSPS) is 16.5. The number of amides is 1. The molecule has 0 spiro atoms. The van der Waals surface area contributed by atoms with Gasteiger partial charge in [-0.25, -0.2) is 0 Å². The fourth-order valence-electron chi connectivity index (χ4n) is 3.27. The number of benzene rings is 2. The molecular formula is C22H30N3O2S+. The van der Waals surface area contributed by atoms with E-state index in [1.807, 2.05) is 19.1 Å². The molecule has 2 atom stereocenters. The molecule has 6 heteroatoms. The Morgan fingerprint density at radius 1 is 1.14 bits per heavy atom. The lowest BCUT2D eigenvalue weighted by Crippen LogP contribution is -3.12. The third-order valence-electron chi connectivity index (χ3n) is 5.29. The SMILES string of the molecule is CSc1ccc(C[NH+](C)[C@@H](C)C(=O)Nc2ccc(N3CCOCC3)cc2)cc1. The molecule has 5 nitrogen and oxygen atoms in total. The van der Waals surface area contributed by atoms with Gasteiger partial charge in [-0.05, 0) is 49.6 Å². The molecule has 28 heavy (non-hydrogen) atoms. The number of nitrogens with one attached hydrogen (secondary N) is 2. The molecule has 1 fully saturated rings. The van der Waals surface area contributed by atoms with Crippen LogP contribution in [0.1, 0.15) is 12.5 Å². The molecular weight excluding hydrogens is 370 g/mol. The van der Waals surface area contributed by atoms with Gasteiger partial charge in [0, 0.05) is 34.9 Å². The number of carbonyl (C=O) groups excluding carboxylic acids is 1. The molecule has 2 N–H and O–H groups in total. The minimum Gasteiger partial charge on any atom is -0.378 e. The summed E-state index contributed by atoms with van der Waals surface area (Å²) in [6, 6.07) is 16.5. The number of morpholine rings is 1. The summed E-state index contributed by atoms with van der Waals surface area (Å²) in [7, 11) is 2.06. The number of anilines is 2. The van der Waals surface area contributed by atoms with E-state index in [2.05, 4.69) is 59.9 Å². The van der Waals surface area contributed by atoms with Gasteiger partial charge in [-0.15, -0.1) is 11.8 Å². The molecule has 2 aromatic rings. The number of hydrogen-bond donors (Lipinski definition) is 2. The molecule has 150 valence electrons. The van der Waals surface area contributed by atoms with Crippen molar-refractivity contribution >= 4 is 29.0 Å². The molecule has 1 amide bonds. The lowest BCUT2D eigenvalue weighted by Gasteiger charge is -2.29. The van der Waals surface area contributed by atoms with E-state index in [1.54, 1.807) is 11.8 Å². The molecule has 0 saturated carbocycles. The first kappa shape index (κ1) is 20.7. The summed E-state index contributed by atoms with van der Waals surface area (Å²) < 4.78 is 5.40. The van der Waals surface area contributed by atoms with Crippen LogP contribution in [0.4, 0.5) is 11.4 Å². The van der Waals surface area contributed by atoms with E-state index in [1.165, 1.54) is 21.0 Å². The first-order chi connectivity index (χ1) is 13.6. The quantitative estimate of drug-likeness (QED) is 0.700. The van der Waals surface area contributed by atoms with E-state index in [0.29, 0.717) is 0 Å². The Morgan fingerprint density at radius 3 is 2.39 bits per heavy atom. The van der Waals surface area contributed by atoms with Crippen LogP contribution in [0.5, 0.6) is 0 Å². The molecule has 3 rings (SSSR count). The maximum atomic E-state index is 12.7. The molecule has 0 radical (unpaired) electrons. The molecule has 1 aliphatic heterocycles. The highest BCUT2D eigenvalue weighted by Crippen LogP contribution is 2.19. The summed E-state index contributed by atoms with van der Waals surface area (Å²) in [5, 5.41) is 3.05. The Labute approximate surface area is 172 Å². The highest BCUT2D eigenvalue weighted by atomic mass is 32.2. The maximum Gasteiger partial charge on any atom is 0.282 e. The van der Waals surface area contributed by atoms with Gasteiger partial charge in [-0.1, -0.05) is 12.1 Å². The number of likely N-dealkylation sites (N-methyl/N-ethyl adjacent to an activating group) is 1. The minimum atomic E-state index is -0.140. The summed E-state index contributed by atoms with van der Waals surface area (Å²) in [5.74, 6) is 0.0392. The van der Waals surface area contributed by atoms with Crippen molar-refractivity contribution in [2.75, 3.05) is 49.8 Å². The van der Waals surface area contributed by atoms with Crippen molar-refractivity contribution in [3.8, 4) is 0 Å². The summed E-state index contributed by atoms with van der Waals surface area (Å²) in [4.78, 5) is 17.4. The van der Waals surface area contributed by atoms with Gasteiger partial charge < -0.3 is 19.9 Å². The second-order valence-corrected chi connectivity index (χ2v) is 8.11. The first-order valence-corrected chi connectivity index (χ1v) is 11.0. The topological polar surface area (TPSA) is 46.0 Å². The maximum absolute atomic E-state index is 12.7. The van der Waals surface area contributed by atoms with Gasteiger partial charge in [-0.3, -0.25) is 4.79 Å². The lowest BCUT2D eigenvalue weighted by molar-refractivity contribution is -0.907. The van der Waals surface area contributed by atoms with E-state index in [9.17, 15) is 4.79 Å². The van der Waals surface area contributed by atoms with E-state index in [4.69, 9.17) is 4.74 Å². The van der Waals surface area contributed by atoms with Gasteiger partial charge in [-0.2, -0.15) is 0 Å². The average Bonchev–Trinajstić information content (AvgIpc) is 2.74. The average molecular weight is 401 g/mol. The molecule has 1 aliphatic rings. The van der Waals surface area contributed by atoms with Gasteiger partial charge in [0.2, 0.25) is 0 Å². The molecule has 1 unspecified atom stereocenters. The van der Waals surface area contributed by atoms with E-state index < -0.39 is 0 Å². The van der Waals surface area contributed by atoms with E-state index >= 15 is 0 Å². The smallest absolute Gasteiger partial charge is 0.282 e. The van der Waals surface area contributed by atoms with Crippen molar-refractivity contribution in [3.05, 3.63) is 54.1 Å². The van der Waals surface area contributed by atoms with Gasteiger partial charge in [0.25, 0.3) is 5.91 Å². The molecule has 0 aliphatic carbocycles. The largest absolute Gasteiger partial charge is 0.378 e. The minimum absolute atomic E-state index is 0.0392. The van der Waals surface area contributed by atoms with Crippen LogP contribution in [0.25, 0.3) is 0 Å². The van der Waals surface area contributed by atoms with Crippen molar-refractivity contribution < 1.29 is 14.4 Å². The number of quaternary nitrogens is 1. The summed E-state index contributed by atoms with van der Waals surface area (Å²) in [6.45, 7) is 6.15. The van der Waals surface area contributed by atoms with Crippen molar-refractivity contribution in [3.63, 3.8) is 0 Å². The number of hydrogen-bond acceptors (Lipinski definition) is 4. The second kappa shape index (κ2) is 9.96. The van der Waals surface area contributed by atoms with Gasteiger partial charge in [0.15, 0.2) is 6.04 Å². The molecule has 0 aromatic heterocycles. The number of carbonyl (C=O) groups is 1. The standard InChI is InChI=1S/C22H29N3O2S/c1-17(24(2)16-18-4-10-21(28-3)11-5-18)22(26)23-19-6-8-20(9-7-19)25-12-14-27-15-13-25/h4-11,17H,12-16H2,1-3H3,(H,23,26)/p+1/t17-/m0/s1. The summed E-state index contributed by atoms with van der Waals surface area (Å²) >= 11 is 1.74. The molecule has 1 saturated heterocycles. The van der Waals surface area contributed by atoms with Crippen LogP contribution in [0.2, 0.25) is 0 Å². The predicted molar refractivity (Wildman–Crippen MR) is 116 cm³/mol.